The molecule has 4 nitrogen and oxygen atoms in total. The second-order valence-electron chi connectivity index (χ2n) is 16.7. The Labute approximate surface area is 275 Å². The Hall–Kier alpha value is -4.51. The van der Waals surface area contributed by atoms with Crippen LogP contribution in [0.3, 0.4) is 0 Å². The van der Waals surface area contributed by atoms with E-state index in [1.54, 1.807) is 5.56 Å². The summed E-state index contributed by atoms with van der Waals surface area (Å²) in [7, 11) is 1.51. The summed E-state index contributed by atoms with van der Waals surface area (Å²) < 4.78 is 20.1. The van der Waals surface area contributed by atoms with Crippen LogP contribution in [0.5, 0.6) is 0 Å². The van der Waals surface area contributed by atoms with Crippen LogP contribution in [0, 0.1) is 5.41 Å². The molecule has 226 valence electrons. The Kier molecular flexibility index (Phi) is 2.76. The third-order valence-electron chi connectivity index (χ3n) is 15.9. The summed E-state index contributed by atoms with van der Waals surface area (Å²) in [6.07, 6.45) is 21.6. The standard InChI is InChI=1S/C44H26O4/c1-46-27(45)8-5-11-40(25-6-3-2-4-7-25)38-12-9-21-16-26-17-24-19-39-13-10-20-14-22-15-23(18-38)29-28(22)30-31-35(43(39,47-39)32(20)30)33(24)42(26)44(48-42)36(31)34(29)41(38,40)37(21)44/h2-4,6-7,9-10,12-14,16,18-19H,5,8,11,15,17H2,1H3. The van der Waals surface area contributed by atoms with Crippen LogP contribution in [0.15, 0.2) is 101 Å². The van der Waals surface area contributed by atoms with Crippen molar-refractivity contribution in [2.45, 2.75) is 65.3 Å². The number of esters is 1. The molecule has 2 saturated carbocycles. The first-order valence-electron chi connectivity index (χ1n) is 17.8. The van der Waals surface area contributed by atoms with Crippen LogP contribution in [-0.4, -0.2) is 24.3 Å². The smallest absolute Gasteiger partial charge is 0.305 e. The van der Waals surface area contributed by atoms with Crippen molar-refractivity contribution < 1.29 is 19.0 Å². The lowest BCUT2D eigenvalue weighted by molar-refractivity contribution is -0.140. The van der Waals surface area contributed by atoms with Gasteiger partial charge in [-0.15, -0.1) is 0 Å². The number of rotatable bonds is 5. The first-order valence-corrected chi connectivity index (χ1v) is 17.8. The van der Waals surface area contributed by atoms with Gasteiger partial charge in [-0.05, 0) is 110 Å². The fraction of sp³-hybridized carbons (Fsp3) is 0.295. The van der Waals surface area contributed by atoms with E-state index in [-0.39, 0.29) is 22.2 Å². The molecular formula is C44H26O4. The Balaban J connectivity index is 1.15. The summed E-state index contributed by atoms with van der Waals surface area (Å²) >= 11 is 0. The highest BCUT2D eigenvalue weighted by atomic mass is 16.6. The SMILES string of the molecule is COC(=O)CCCC1(c2ccccc2)C23C=CC4=C5C67OC68C(=C4)CC4=CC69C=Cc%10cc%11c%12c(c(c7c7c%12c%10C6(O9)C7=C48)C521)C(=C3)C%11. The van der Waals surface area contributed by atoms with Gasteiger partial charge in [-0.3, -0.25) is 4.79 Å². The Morgan fingerprint density at radius 1 is 0.875 bits per heavy atom. The highest BCUT2D eigenvalue weighted by Crippen LogP contribution is 2.99. The quantitative estimate of drug-likeness (QED) is 0.224. The highest BCUT2D eigenvalue weighted by Gasteiger charge is 3.00. The minimum absolute atomic E-state index is 0.126. The second-order valence-corrected chi connectivity index (χ2v) is 16.7. The number of carbonyl (C=O) groups excluding carboxylic acids is 1. The van der Waals surface area contributed by atoms with Crippen LogP contribution in [0.1, 0.15) is 70.2 Å². The molecule has 2 saturated heterocycles. The number of epoxide rings is 2. The molecule has 4 spiro atoms. The molecule has 7 atom stereocenters. The molecule has 3 aromatic rings. The molecule has 48 heavy (non-hydrogen) atoms. The predicted octanol–water partition coefficient (Wildman–Crippen LogP) is 7.21. The lowest BCUT2D eigenvalue weighted by Gasteiger charge is -2.34. The van der Waals surface area contributed by atoms with Gasteiger partial charge >= 0.3 is 5.97 Å². The Morgan fingerprint density at radius 3 is 2.69 bits per heavy atom. The molecule has 11 aliphatic carbocycles. The predicted molar refractivity (Wildman–Crippen MR) is 178 cm³/mol. The number of ether oxygens (including phenoxy) is 3. The van der Waals surface area contributed by atoms with E-state index in [2.05, 4.69) is 78.9 Å². The van der Waals surface area contributed by atoms with Crippen molar-refractivity contribution in [1.29, 1.82) is 0 Å². The van der Waals surface area contributed by atoms with Crippen LogP contribution in [-0.2, 0) is 47.5 Å². The molecule has 13 aliphatic rings. The highest BCUT2D eigenvalue weighted by molar-refractivity contribution is 6.22. The number of hydrogen-bond donors (Lipinski definition) is 0. The summed E-state index contributed by atoms with van der Waals surface area (Å²) in [4.78, 5) is 12.6. The van der Waals surface area contributed by atoms with Crippen molar-refractivity contribution in [3.05, 3.63) is 145 Å². The van der Waals surface area contributed by atoms with Crippen molar-refractivity contribution in [3.8, 4) is 0 Å². The van der Waals surface area contributed by atoms with E-state index in [4.69, 9.17) is 14.2 Å². The molecule has 4 heteroatoms. The number of methoxy groups -OCH3 is 1. The minimum Gasteiger partial charge on any atom is -0.469 e. The fourth-order valence-electron chi connectivity index (χ4n) is 15.1. The van der Waals surface area contributed by atoms with Crippen molar-refractivity contribution in [1.82, 2.24) is 0 Å². The van der Waals surface area contributed by atoms with E-state index >= 15 is 0 Å². The minimum atomic E-state index is -0.480. The van der Waals surface area contributed by atoms with Crippen LogP contribution in [0.25, 0.3) is 28.0 Å². The number of hydrogen-bond acceptors (Lipinski definition) is 4. The van der Waals surface area contributed by atoms with E-state index in [9.17, 15) is 4.79 Å². The maximum Gasteiger partial charge on any atom is 0.305 e. The van der Waals surface area contributed by atoms with Gasteiger partial charge in [0.15, 0.2) is 16.8 Å². The van der Waals surface area contributed by atoms with Gasteiger partial charge in [-0.2, -0.15) is 0 Å². The zero-order chi connectivity index (χ0) is 30.7. The molecule has 3 aromatic carbocycles. The summed E-state index contributed by atoms with van der Waals surface area (Å²) in [5.41, 5.74) is 19.3. The number of benzene rings is 3. The van der Waals surface area contributed by atoms with E-state index < -0.39 is 22.4 Å². The molecule has 0 aromatic heterocycles. The molecule has 0 amide bonds. The molecule has 2 heterocycles. The Morgan fingerprint density at radius 2 is 1.79 bits per heavy atom. The van der Waals surface area contributed by atoms with E-state index in [1.807, 2.05) is 0 Å². The van der Waals surface area contributed by atoms with Crippen LogP contribution >= 0.6 is 0 Å². The van der Waals surface area contributed by atoms with Gasteiger partial charge in [0.05, 0.1) is 7.11 Å². The topological polar surface area (TPSA) is 51.4 Å². The van der Waals surface area contributed by atoms with Crippen molar-refractivity contribution in [2.75, 3.05) is 7.11 Å². The van der Waals surface area contributed by atoms with Gasteiger partial charge in [-0.1, -0.05) is 66.8 Å². The summed E-state index contributed by atoms with van der Waals surface area (Å²) in [5.74, 6) is -0.126. The van der Waals surface area contributed by atoms with Gasteiger partial charge in [0.25, 0.3) is 0 Å². The lowest BCUT2D eigenvalue weighted by atomic mass is 9.62. The van der Waals surface area contributed by atoms with E-state index in [0.717, 1.165) is 25.7 Å². The van der Waals surface area contributed by atoms with E-state index in [1.165, 1.54) is 95.8 Å². The molecule has 4 fully saturated rings. The van der Waals surface area contributed by atoms with Crippen LogP contribution < -0.4 is 0 Å². The van der Waals surface area contributed by atoms with Gasteiger partial charge in [-0.25, -0.2) is 0 Å². The number of carbonyl (C=O) groups is 1. The lowest BCUT2D eigenvalue weighted by Crippen LogP contribution is -2.37. The molecule has 2 aliphatic heterocycles. The van der Waals surface area contributed by atoms with Crippen LogP contribution in [0.2, 0.25) is 0 Å². The summed E-state index contributed by atoms with van der Waals surface area (Å²) in [6, 6.07) is 13.8. The molecule has 7 unspecified atom stereocenters. The molecular weight excluding hydrogens is 592 g/mol. The monoisotopic (exact) mass is 618 g/mol. The largest absolute Gasteiger partial charge is 0.469 e. The molecule has 0 N–H and O–H groups in total. The normalized spacial score (nSPS) is 43.7. The summed E-state index contributed by atoms with van der Waals surface area (Å²) in [6.45, 7) is 0. The Bertz CT molecular complexity index is 2730. The van der Waals surface area contributed by atoms with Crippen molar-refractivity contribution >= 4 is 34.0 Å². The molecule has 0 radical (unpaired) electrons. The van der Waals surface area contributed by atoms with Crippen molar-refractivity contribution in [2.24, 2.45) is 5.41 Å². The number of allylic oxidation sites excluding steroid dienone is 6. The van der Waals surface area contributed by atoms with Crippen LogP contribution in [0.4, 0.5) is 0 Å². The van der Waals surface area contributed by atoms with Gasteiger partial charge in [0.1, 0.15) is 5.60 Å². The molecule has 0 bridgehead atoms. The first kappa shape index (κ1) is 23.0. The third kappa shape index (κ3) is 1.52. The zero-order valence-electron chi connectivity index (χ0n) is 26.2. The zero-order valence-corrected chi connectivity index (χ0v) is 26.2. The maximum atomic E-state index is 12.6. The second kappa shape index (κ2) is 5.78. The summed E-state index contributed by atoms with van der Waals surface area (Å²) in [5, 5.41) is 2.96. The van der Waals surface area contributed by atoms with Crippen molar-refractivity contribution in [3.63, 3.8) is 0 Å². The van der Waals surface area contributed by atoms with E-state index in [0.29, 0.717) is 6.42 Å². The third-order valence-corrected chi connectivity index (χ3v) is 15.9. The fourth-order valence-corrected chi connectivity index (χ4v) is 15.1. The van der Waals surface area contributed by atoms with Gasteiger partial charge in [0.2, 0.25) is 0 Å². The average Bonchev–Trinajstić information content (AvgIpc) is 3.94. The average molecular weight is 619 g/mol. The van der Waals surface area contributed by atoms with Gasteiger partial charge < -0.3 is 14.2 Å². The van der Waals surface area contributed by atoms with Gasteiger partial charge in [0, 0.05) is 44.9 Å². The first-order chi connectivity index (χ1) is 23.5. The molecule has 16 rings (SSSR count). The maximum absolute atomic E-state index is 12.6.